The second-order valence-corrected chi connectivity index (χ2v) is 13.4. The molecule has 9 atom stereocenters. The zero-order valence-electron chi connectivity index (χ0n) is 21.9. The third kappa shape index (κ3) is 4.03. The summed E-state index contributed by atoms with van der Waals surface area (Å²) < 4.78 is 6.34. The largest absolute Gasteiger partial charge is 0.390 e. The summed E-state index contributed by atoms with van der Waals surface area (Å²) >= 11 is 0. The van der Waals surface area contributed by atoms with Crippen molar-refractivity contribution in [2.45, 2.75) is 123 Å². The molecular weight excluding hydrogens is 396 g/mol. The van der Waals surface area contributed by atoms with E-state index >= 15 is 0 Å². The lowest BCUT2D eigenvalue weighted by Crippen LogP contribution is -2.58. The minimum absolute atomic E-state index is 0.178. The lowest BCUT2D eigenvalue weighted by molar-refractivity contribution is -0.147. The SMILES string of the molecule is CCC1(O)CCC2(C)C(=CCC3C2C(OC)CC2(C)C(C(C)CCC(C)(C)O)CCC32)C1. The fourth-order valence-electron chi connectivity index (χ4n) is 9.09. The van der Waals surface area contributed by atoms with Gasteiger partial charge in [-0.2, -0.15) is 0 Å². The molecule has 3 heteroatoms. The van der Waals surface area contributed by atoms with Crippen molar-refractivity contribution in [2.75, 3.05) is 7.11 Å². The Hall–Kier alpha value is -0.380. The van der Waals surface area contributed by atoms with Crippen molar-refractivity contribution in [2.24, 2.45) is 40.4 Å². The number of ether oxygens (including phenoxy) is 1. The fourth-order valence-corrected chi connectivity index (χ4v) is 9.09. The molecule has 0 spiro atoms. The summed E-state index contributed by atoms with van der Waals surface area (Å²) in [7, 11) is 1.94. The van der Waals surface area contributed by atoms with Gasteiger partial charge in [-0.1, -0.05) is 39.3 Å². The third-order valence-corrected chi connectivity index (χ3v) is 11.1. The summed E-state index contributed by atoms with van der Waals surface area (Å²) in [5, 5.41) is 21.3. The summed E-state index contributed by atoms with van der Waals surface area (Å²) in [5.74, 6) is 3.42. The highest BCUT2D eigenvalue weighted by atomic mass is 16.5. The fraction of sp³-hybridized carbons (Fsp3) is 0.931. The molecule has 0 aromatic heterocycles. The van der Waals surface area contributed by atoms with Crippen LogP contribution in [0.5, 0.6) is 0 Å². The van der Waals surface area contributed by atoms with Crippen LogP contribution in [-0.4, -0.2) is 34.6 Å². The monoisotopic (exact) mass is 446 g/mol. The van der Waals surface area contributed by atoms with Gasteiger partial charge in [0.1, 0.15) is 0 Å². The number of rotatable bonds is 6. The normalized spacial score (nSPS) is 47.3. The molecule has 184 valence electrons. The Kier molecular flexibility index (Phi) is 6.48. The molecule has 0 aromatic carbocycles. The van der Waals surface area contributed by atoms with Crippen LogP contribution in [0.25, 0.3) is 0 Å². The van der Waals surface area contributed by atoms with Gasteiger partial charge in [0.15, 0.2) is 0 Å². The maximum absolute atomic E-state index is 11.1. The minimum atomic E-state index is -0.569. The second-order valence-electron chi connectivity index (χ2n) is 13.4. The minimum Gasteiger partial charge on any atom is -0.390 e. The molecule has 3 saturated carbocycles. The van der Waals surface area contributed by atoms with Gasteiger partial charge in [0, 0.05) is 7.11 Å². The Morgan fingerprint density at radius 1 is 1.22 bits per heavy atom. The topological polar surface area (TPSA) is 49.7 Å². The van der Waals surface area contributed by atoms with E-state index in [1.54, 1.807) is 0 Å². The van der Waals surface area contributed by atoms with E-state index in [2.05, 4.69) is 33.8 Å². The van der Waals surface area contributed by atoms with Crippen LogP contribution in [-0.2, 0) is 4.74 Å². The zero-order chi connectivity index (χ0) is 23.5. The number of aliphatic hydroxyl groups is 2. The van der Waals surface area contributed by atoms with Crippen LogP contribution < -0.4 is 0 Å². The molecule has 0 radical (unpaired) electrons. The molecule has 4 rings (SSSR count). The zero-order valence-corrected chi connectivity index (χ0v) is 21.9. The third-order valence-electron chi connectivity index (χ3n) is 11.1. The highest BCUT2D eigenvalue weighted by molar-refractivity contribution is 5.28. The van der Waals surface area contributed by atoms with E-state index in [0.29, 0.717) is 29.3 Å². The maximum atomic E-state index is 11.1. The molecule has 0 saturated heterocycles. The predicted octanol–water partition coefficient (Wildman–Crippen LogP) is 6.52. The predicted molar refractivity (Wildman–Crippen MR) is 131 cm³/mol. The van der Waals surface area contributed by atoms with Gasteiger partial charge in [0.05, 0.1) is 17.3 Å². The van der Waals surface area contributed by atoms with E-state index in [-0.39, 0.29) is 5.41 Å². The molecular formula is C29H50O3. The van der Waals surface area contributed by atoms with Gasteiger partial charge in [-0.25, -0.2) is 0 Å². The van der Waals surface area contributed by atoms with Crippen LogP contribution in [0.15, 0.2) is 11.6 Å². The van der Waals surface area contributed by atoms with Crippen molar-refractivity contribution in [3.05, 3.63) is 11.6 Å². The van der Waals surface area contributed by atoms with E-state index in [0.717, 1.165) is 50.4 Å². The Bertz CT molecular complexity index is 722. The molecule has 3 fully saturated rings. The van der Waals surface area contributed by atoms with Gasteiger partial charge in [0.25, 0.3) is 0 Å². The first-order chi connectivity index (χ1) is 14.9. The van der Waals surface area contributed by atoms with Gasteiger partial charge >= 0.3 is 0 Å². The molecule has 4 aliphatic rings. The molecule has 2 N–H and O–H groups in total. The van der Waals surface area contributed by atoms with Gasteiger partial charge in [0.2, 0.25) is 0 Å². The number of methoxy groups -OCH3 is 1. The molecule has 0 amide bonds. The Morgan fingerprint density at radius 2 is 1.94 bits per heavy atom. The van der Waals surface area contributed by atoms with Crippen LogP contribution >= 0.6 is 0 Å². The van der Waals surface area contributed by atoms with Crippen LogP contribution in [0.1, 0.15) is 106 Å². The first kappa shape index (κ1) is 24.7. The standard InChI is InChI=1S/C29H50O3/c1-8-29(31)16-15-27(5)20(17-29)9-10-21-23-12-11-22(19(2)13-14-26(3,4)30)28(23,6)18-24(32-7)25(21)27/h9,19,21-25,30-31H,8,10-18H2,1-7H3. The molecule has 4 aliphatic carbocycles. The van der Waals surface area contributed by atoms with E-state index in [1.165, 1.54) is 31.3 Å². The molecule has 0 heterocycles. The average molecular weight is 447 g/mol. The van der Waals surface area contributed by atoms with Crippen LogP contribution in [0.2, 0.25) is 0 Å². The highest BCUT2D eigenvalue weighted by Crippen LogP contribution is 2.68. The first-order valence-corrected chi connectivity index (χ1v) is 13.5. The van der Waals surface area contributed by atoms with Crippen molar-refractivity contribution in [1.29, 1.82) is 0 Å². The molecule has 32 heavy (non-hydrogen) atoms. The lowest BCUT2D eigenvalue weighted by atomic mass is 9.45. The number of allylic oxidation sites excluding steroid dienone is 1. The average Bonchev–Trinajstić information content (AvgIpc) is 3.08. The first-order valence-electron chi connectivity index (χ1n) is 13.5. The second kappa shape index (κ2) is 8.38. The molecule has 9 unspecified atom stereocenters. The Labute approximate surface area is 197 Å². The van der Waals surface area contributed by atoms with Crippen LogP contribution in [0.4, 0.5) is 0 Å². The highest BCUT2D eigenvalue weighted by Gasteiger charge is 2.63. The van der Waals surface area contributed by atoms with Crippen LogP contribution in [0, 0.1) is 40.4 Å². The number of hydrogen-bond donors (Lipinski definition) is 2. The molecule has 3 nitrogen and oxygen atoms in total. The van der Waals surface area contributed by atoms with Crippen molar-refractivity contribution in [3.63, 3.8) is 0 Å². The molecule has 0 aromatic rings. The Morgan fingerprint density at radius 3 is 2.56 bits per heavy atom. The van der Waals surface area contributed by atoms with Gasteiger partial charge in [-0.05, 0) is 118 Å². The number of hydrogen-bond acceptors (Lipinski definition) is 3. The van der Waals surface area contributed by atoms with Crippen molar-refractivity contribution < 1.29 is 14.9 Å². The smallest absolute Gasteiger partial charge is 0.0682 e. The summed E-state index contributed by atoms with van der Waals surface area (Å²) in [5.41, 5.74) is 0.963. The van der Waals surface area contributed by atoms with Gasteiger partial charge in [-0.3, -0.25) is 0 Å². The van der Waals surface area contributed by atoms with Crippen molar-refractivity contribution in [3.8, 4) is 0 Å². The van der Waals surface area contributed by atoms with E-state index in [9.17, 15) is 10.2 Å². The summed E-state index contributed by atoms with van der Waals surface area (Å²) in [6.45, 7) is 13.5. The van der Waals surface area contributed by atoms with E-state index in [4.69, 9.17) is 4.74 Å². The summed E-state index contributed by atoms with van der Waals surface area (Å²) in [6, 6.07) is 0. The number of fused-ring (bicyclic) bond motifs is 5. The van der Waals surface area contributed by atoms with Crippen LogP contribution in [0.3, 0.4) is 0 Å². The van der Waals surface area contributed by atoms with E-state index in [1.807, 2.05) is 21.0 Å². The maximum Gasteiger partial charge on any atom is 0.0682 e. The summed E-state index contributed by atoms with van der Waals surface area (Å²) in [6.07, 6.45) is 13.6. The van der Waals surface area contributed by atoms with Crippen molar-refractivity contribution in [1.82, 2.24) is 0 Å². The summed E-state index contributed by atoms with van der Waals surface area (Å²) in [4.78, 5) is 0. The Balaban J connectivity index is 1.61. The van der Waals surface area contributed by atoms with Crippen molar-refractivity contribution >= 4 is 0 Å². The van der Waals surface area contributed by atoms with Gasteiger partial charge in [-0.15, -0.1) is 0 Å². The quantitative estimate of drug-likeness (QED) is 0.457. The van der Waals surface area contributed by atoms with Gasteiger partial charge < -0.3 is 14.9 Å². The molecule has 0 bridgehead atoms. The lowest BCUT2D eigenvalue weighted by Gasteiger charge is -2.61. The van der Waals surface area contributed by atoms with E-state index < -0.39 is 11.2 Å². The molecule has 0 aliphatic heterocycles.